The lowest BCUT2D eigenvalue weighted by Crippen LogP contribution is -2.40. The van der Waals surface area contributed by atoms with Crippen molar-refractivity contribution in [1.29, 1.82) is 0 Å². The van der Waals surface area contributed by atoms with Gasteiger partial charge in [0, 0.05) is 11.1 Å². The standard InChI is InChI=1S/C27H23FN4O3S/c1-35-21-13-11-20(12-14-21)32-27-24(25(30-32)17-5-3-2-4-6-17)26(18-7-9-19(28)10-8-18)36-16-23(34)31(27)15-22(29)33/h2-14,26H,15-16H2,1H3,(H2,29,33)/t26-/m0/s1. The molecule has 0 saturated carbocycles. The summed E-state index contributed by atoms with van der Waals surface area (Å²) in [6, 6.07) is 23.1. The summed E-state index contributed by atoms with van der Waals surface area (Å²) in [7, 11) is 1.58. The van der Waals surface area contributed by atoms with E-state index in [1.807, 2.05) is 42.5 Å². The number of nitrogens with zero attached hydrogens (tertiary/aromatic N) is 3. The summed E-state index contributed by atoms with van der Waals surface area (Å²) in [5.41, 5.74) is 9.34. The lowest BCUT2D eigenvalue weighted by atomic mass is 9.99. The number of ether oxygens (including phenoxy) is 1. The van der Waals surface area contributed by atoms with E-state index >= 15 is 0 Å². The Balaban J connectivity index is 1.82. The Morgan fingerprint density at radius 1 is 1.08 bits per heavy atom. The van der Waals surface area contributed by atoms with Gasteiger partial charge in [-0.05, 0) is 42.0 Å². The number of nitrogens with two attached hydrogens (primary N) is 1. The van der Waals surface area contributed by atoms with Crippen LogP contribution in [0.4, 0.5) is 10.2 Å². The predicted octanol–water partition coefficient (Wildman–Crippen LogP) is 4.34. The normalized spacial score (nSPS) is 15.3. The number of halogens is 1. The molecule has 36 heavy (non-hydrogen) atoms. The number of primary amides is 1. The Bertz CT molecular complexity index is 1410. The molecule has 0 bridgehead atoms. The van der Waals surface area contributed by atoms with E-state index in [0.717, 1.165) is 16.7 Å². The van der Waals surface area contributed by atoms with Crippen LogP contribution < -0.4 is 15.4 Å². The highest BCUT2D eigenvalue weighted by atomic mass is 32.2. The van der Waals surface area contributed by atoms with Crippen molar-refractivity contribution in [2.75, 3.05) is 24.3 Å². The number of carbonyl (C=O) groups excluding carboxylic acids is 2. The van der Waals surface area contributed by atoms with E-state index in [2.05, 4.69) is 0 Å². The third-order valence-corrected chi connectivity index (χ3v) is 7.19. The predicted molar refractivity (Wildman–Crippen MR) is 138 cm³/mol. The van der Waals surface area contributed by atoms with Gasteiger partial charge in [-0.3, -0.25) is 14.5 Å². The molecule has 2 heterocycles. The lowest BCUT2D eigenvalue weighted by molar-refractivity contribution is -0.121. The molecule has 0 spiro atoms. The Labute approximate surface area is 211 Å². The minimum atomic E-state index is -0.636. The van der Waals surface area contributed by atoms with Gasteiger partial charge in [-0.15, -0.1) is 11.8 Å². The van der Waals surface area contributed by atoms with Crippen LogP contribution in [0.25, 0.3) is 16.9 Å². The van der Waals surface area contributed by atoms with Crippen LogP contribution in [0, 0.1) is 5.82 Å². The number of methoxy groups -OCH3 is 1. The summed E-state index contributed by atoms with van der Waals surface area (Å²) < 4.78 is 20.7. The van der Waals surface area contributed by atoms with Crippen LogP contribution in [0.2, 0.25) is 0 Å². The zero-order chi connectivity index (χ0) is 25.2. The molecule has 0 radical (unpaired) electrons. The fourth-order valence-electron chi connectivity index (χ4n) is 4.29. The zero-order valence-corrected chi connectivity index (χ0v) is 20.2. The zero-order valence-electron chi connectivity index (χ0n) is 19.4. The number of amides is 2. The Hall–Kier alpha value is -4.11. The molecule has 0 unspecified atom stereocenters. The highest BCUT2D eigenvalue weighted by Gasteiger charge is 2.37. The second-order valence-corrected chi connectivity index (χ2v) is 9.34. The summed E-state index contributed by atoms with van der Waals surface area (Å²) >= 11 is 1.41. The van der Waals surface area contributed by atoms with Gasteiger partial charge in [-0.2, -0.15) is 5.10 Å². The molecule has 2 amide bonds. The van der Waals surface area contributed by atoms with Gasteiger partial charge < -0.3 is 10.5 Å². The average molecular weight is 503 g/mol. The van der Waals surface area contributed by atoms with Crippen molar-refractivity contribution in [2.24, 2.45) is 5.73 Å². The van der Waals surface area contributed by atoms with Crippen LogP contribution in [0.15, 0.2) is 78.9 Å². The number of benzene rings is 3. The number of carbonyl (C=O) groups is 2. The number of hydrogen-bond acceptors (Lipinski definition) is 5. The maximum Gasteiger partial charge on any atom is 0.238 e. The minimum absolute atomic E-state index is 0.112. The Kier molecular flexibility index (Phi) is 6.47. The molecule has 2 N–H and O–H groups in total. The highest BCUT2D eigenvalue weighted by Crippen LogP contribution is 2.48. The Morgan fingerprint density at radius 3 is 2.42 bits per heavy atom. The van der Waals surface area contributed by atoms with Gasteiger partial charge in [-0.25, -0.2) is 9.07 Å². The number of fused-ring (bicyclic) bond motifs is 1. The third kappa shape index (κ3) is 4.45. The first-order chi connectivity index (χ1) is 17.5. The van der Waals surface area contributed by atoms with E-state index in [9.17, 15) is 14.0 Å². The van der Waals surface area contributed by atoms with Gasteiger partial charge in [0.05, 0.1) is 29.5 Å². The molecular weight excluding hydrogens is 479 g/mol. The number of anilines is 1. The summed E-state index contributed by atoms with van der Waals surface area (Å²) in [6.07, 6.45) is 0. The van der Waals surface area contributed by atoms with Crippen molar-refractivity contribution in [2.45, 2.75) is 5.25 Å². The van der Waals surface area contributed by atoms with Gasteiger partial charge in [0.25, 0.3) is 0 Å². The smallest absolute Gasteiger partial charge is 0.238 e. The van der Waals surface area contributed by atoms with E-state index in [0.29, 0.717) is 22.9 Å². The molecule has 182 valence electrons. The van der Waals surface area contributed by atoms with Crippen molar-refractivity contribution in [3.05, 3.63) is 95.8 Å². The Morgan fingerprint density at radius 2 is 1.78 bits per heavy atom. The van der Waals surface area contributed by atoms with Crippen molar-refractivity contribution in [3.8, 4) is 22.7 Å². The molecule has 7 nitrogen and oxygen atoms in total. The molecule has 1 atom stereocenters. The van der Waals surface area contributed by atoms with E-state index in [1.165, 1.54) is 28.8 Å². The topological polar surface area (TPSA) is 90.4 Å². The van der Waals surface area contributed by atoms with Crippen LogP contribution in [0.1, 0.15) is 16.4 Å². The third-order valence-electron chi connectivity index (χ3n) is 5.94. The van der Waals surface area contributed by atoms with Gasteiger partial charge in [0.15, 0.2) is 0 Å². The van der Waals surface area contributed by atoms with Crippen LogP contribution in [0.3, 0.4) is 0 Å². The quantitative estimate of drug-likeness (QED) is 0.424. The molecule has 1 aromatic heterocycles. The summed E-state index contributed by atoms with van der Waals surface area (Å²) in [5, 5.41) is 4.61. The number of thioether (sulfide) groups is 1. The van der Waals surface area contributed by atoms with Gasteiger partial charge >= 0.3 is 0 Å². The molecule has 1 aliphatic rings. The maximum absolute atomic E-state index is 13.8. The molecule has 9 heteroatoms. The fraction of sp³-hybridized carbons (Fsp3) is 0.148. The first-order valence-corrected chi connectivity index (χ1v) is 12.3. The fourth-order valence-corrected chi connectivity index (χ4v) is 5.49. The van der Waals surface area contributed by atoms with Crippen LogP contribution in [-0.2, 0) is 9.59 Å². The van der Waals surface area contributed by atoms with Crippen molar-refractivity contribution in [3.63, 3.8) is 0 Å². The second-order valence-electron chi connectivity index (χ2n) is 8.25. The van der Waals surface area contributed by atoms with Crippen molar-refractivity contribution < 1.29 is 18.7 Å². The monoisotopic (exact) mass is 502 g/mol. The van der Waals surface area contributed by atoms with Gasteiger partial charge in [0.2, 0.25) is 11.8 Å². The molecular formula is C27H23FN4O3S. The molecule has 0 saturated heterocycles. The second kappa shape index (κ2) is 9.87. The minimum Gasteiger partial charge on any atom is -0.497 e. The first-order valence-electron chi connectivity index (χ1n) is 11.2. The molecule has 1 aliphatic heterocycles. The number of rotatable bonds is 6. The molecule has 3 aromatic carbocycles. The molecule has 0 aliphatic carbocycles. The summed E-state index contributed by atoms with van der Waals surface area (Å²) in [6.45, 7) is -0.293. The first kappa shape index (κ1) is 23.6. The van der Waals surface area contributed by atoms with Crippen LogP contribution in [-0.4, -0.2) is 41.0 Å². The van der Waals surface area contributed by atoms with E-state index < -0.39 is 5.91 Å². The SMILES string of the molecule is COc1ccc(-n2nc(-c3ccccc3)c3c2N(CC(N)=O)C(=O)CS[C@H]3c2ccc(F)cc2)cc1. The van der Waals surface area contributed by atoms with Crippen LogP contribution >= 0.6 is 11.8 Å². The van der Waals surface area contributed by atoms with Crippen molar-refractivity contribution >= 4 is 29.4 Å². The van der Waals surface area contributed by atoms with Crippen LogP contribution in [0.5, 0.6) is 5.75 Å². The van der Waals surface area contributed by atoms with Crippen molar-refractivity contribution in [1.82, 2.24) is 9.78 Å². The molecule has 0 fully saturated rings. The molecule has 5 rings (SSSR count). The number of hydrogen-bond donors (Lipinski definition) is 1. The highest BCUT2D eigenvalue weighted by molar-refractivity contribution is 8.00. The summed E-state index contributed by atoms with van der Waals surface area (Å²) in [5.74, 6) is -0.00316. The lowest BCUT2D eigenvalue weighted by Gasteiger charge is -2.22. The largest absolute Gasteiger partial charge is 0.497 e. The average Bonchev–Trinajstić information content (AvgIpc) is 3.22. The number of aromatic nitrogens is 2. The maximum atomic E-state index is 13.8. The van der Waals surface area contributed by atoms with Gasteiger partial charge in [0.1, 0.15) is 23.9 Å². The van der Waals surface area contributed by atoms with Gasteiger partial charge in [-0.1, -0.05) is 42.5 Å². The summed E-state index contributed by atoms with van der Waals surface area (Å²) in [4.78, 5) is 26.8. The van der Waals surface area contributed by atoms with E-state index in [-0.39, 0.29) is 29.3 Å². The molecule has 4 aromatic rings. The van der Waals surface area contributed by atoms with E-state index in [4.69, 9.17) is 15.6 Å². The van der Waals surface area contributed by atoms with E-state index in [1.54, 1.807) is 36.1 Å².